The Morgan fingerprint density at radius 3 is 2.37 bits per heavy atom. The van der Waals surface area contributed by atoms with Gasteiger partial charge in [0.2, 0.25) is 5.91 Å². The fourth-order valence-electron chi connectivity index (χ4n) is 3.10. The van der Waals surface area contributed by atoms with Crippen molar-refractivity contribution in [1.82, 2.24) is 5.32 Å². The number of carbonyl (C=O) groups is 1. The molecule has 4 heteroatoms. The highest BCUT2D eigenvalue weighted by atomic mass is 35.5. The molecule has 3 aromatic carbocycles. The lowest BCUT2D eigenvalue weighted by Crippen LogP contribution is -2.30. The molecule has 0 unspecified atom stereocenters. The van der Waals surface area contributed by atoms with Gasteiger partial charge in [0.05, 0.1) is 6.04 Å². The molecule has 27 heavy (non-hydrogen) atoms. The van der Waals surface area contributed by atoms with Crippen LogP contribution >= 0.6 is 23.2 Å². The van der Waals surface area contributed by atoms with Gasteiger partial charge in [-0.25, -0.2) is 0 Å². The van der Waals surface area contributed by atoms with E-state index in [9.17, 15) is 4.79 Å². The average molecular weight is 398 g/mol. The molecule has 1 N–H and O–H groups in total. The van der Waals surface area contributed by atoms with Crippen molar-refractivity contribution in [3.05, 3.63) is 105 Å². The highest BCUT2D eigenvalue weighted by molar-refractivity contribution is 6.35. The van der Waals surface area contributed by atoms with Gasteiger partial charge in [-0.05, 0) is 47.7 Å². The van der Waals surface area contributed by atoms with Gasteiger partial charge in [0.15, 0.2) is 0 Å². The number of aryl methyl sites for hydroxylation is 2. The Balaban J connectivity index is 1.76. The van der Waals surface area contributed by atoms with E-state index in [2.05, 4.69) is 24.4 Å². The third-order valence-electron chi connectivity index (χ3n) is 4.57. The Kier molecular flexibility index (Phi) is 6.54. The van der Waals surface area contributed by atoms with Crippen LogP contribution < -0.4 is 5.32 Å². The molecule has 0 spiro atoms. The molecule has 0 saturated heterocycles. The van der Waals surface area contributed by atoms with Crippen molar-refractivity contribution < 1.29 is 4.79 Å². The first kappa shape index (κ1) is 19.5. The Morgan fingerprint density at radius 2 is 1.67 bits per heavy atom. The van der Waals surface area contributed by atoms with E-state index >= 15 is 0 Å². The second-order valence-corrected chi connectivity index (χ2v) is 7.35. The maximum atomic E-state index is 12.7. The van der Waals surface area contributed by atoms with E-state index in [-0.39, 0.29) is 11.9 Å². The lowest BCUT2D eigenvalue weighted by molar-refractivity contribution is -0.121. The first-order valence-electron chi connectivity index (χ1n) is 8.88. The number of hydrogen-bond acceptors (Lipinski definition) is 1. The third-order valence-corrected chi connectivity index (χ3v) is 5.16. The van der Waals surface area contributed by atoms with Crippen LogP contribution in [0, 0.1) is 6.92 Å². The molecule has 0 aromatic heterocycles. The van der Waals surface area contributed by atoms with Crippen molar-refractivity contribution in [3.8, 4) is 0 Å². The molecule has 0 heterocycles. The highest BCUT2D eigenvalue weighted by Gasteiger charge is 2.18. The van der Waals surface area contributed by atoms with E-state index < -0.39 is 0 Å². The quantitative estimate of drug-likeness (QED) is 0.531. The molecule has 0 bridgehead atoms. The minimum Gasteiger partial charge on any atom is -0.345 e. The van der Waals surface area contributed by atoms with Crippen LogP contribution in [-0.2, 0) is 11.2 Å². The van der Waals surface area contributed by atoms with E-state index in [1.165, 1.54) is 0 Å². The fourth-order valence-corrected chi connectivity index (χ4v) is 3.61. The Bertz CT molecular complexity index is 925. The number of carbonyl (C=O) groups excluding carboxylic acids is 1. The number of amides is 1. The van der Waals surface area contributed by atoms with Crippen molar-refractivity contribution in [1.29, 1.82) is 0 Å². The lowest BCUT2D eigenvalue weighted by atomic mass is 9.94. The van der Waals surface area contributed by atoms with Crippen LogP contribution in [0.4, 0.5) is 0 Å². The van der Waals surface area contributed by atoms with E-state index in [4.69, 9.17) is 23.2 Å². The maximum Gasteiger partial charge on any atom is 0.221 e. The predicted molar refractivity (Wildman–Crippen MR) is 112 cm³/mol. The summed E-state index contributed by atoms with van der Waals surface area (Å²) in [6.07, 6.45) is 0.924. The maximum absolute atomic E-state index is 12.7. The molecule has 0 aliphatic rings. The summed E-state index contributed by atoms with van der Waals surface area (Å²) in [4.78, 5) is 12.7. The lowest BCUT2D eigenvalue weighted by Gasteiger charge is -2.22. The average Bonchev–Trinajstić information content (AvgIpc) is 2.67. The number of benzene rings is 3. The molecule has 0 radical (unpaired) electrons. The van der Waals surface area contributed by atoms with Crippen LogP contribution in [0.3, 0.4) is 0 Å². The predicted octanol–water partition coefficient (Wildman–Crippen LogP) is 6.14. The number of nitrogens with one attached hydrogen (secondary N) is 1. The van der Waals surface area contributed by atoms with E-state index in [1.54, 1.807) is 12.1 Å². The van der Waals surface area contributed by atoms with Crippen molar-refractivity contribution >= 4 is 29.1 Å². The van der Waals surface area contributed by atoms with Gasteiger partial charge in [0.25, 0.3) is 0 Å². The molecule has 0 aliphatic heterocycles. The van der Waals surface area contributed by atoms with Crippen molar-refractivity contribution in [2.24, 2.45) is 0 Å². The van der Waals surface area contributed by atoms with Crippen LogP contribution in [0.5, 0.6) is 0 Å². The topological polar surface area (TPSA) is 29.1 Å². The largest absolute Gasteiger partial charge is 0.345 e. The van der Waals surface area contributed by atoms with Crippen LogP contribution in [0.15, 0.2) is 72.8 Å². The first-order chi connectivity index (χ1) is 13.0. The van der Waals surface area contributed by atoms with Gasteiger partial charge in [-0.2, -0.15) is 0 Å². The van der Waals surface area contributed by atoms with Gasteiger partial charge in [0.1, 0.15) is 0 Å². The Morgan fingerprint density at radius 1 is 0.963 bits per heavy atom. The van der Waals surface area contributed by atoms with E-state index in [1.807, 2.05) is 48.5 Å². The summed E-state index contributed by atoms with van der Waals surface area (Å²) < 4.78 is 0. The van der Waals surface area contributed by atoms with E-state index in [0.717, 1.165) is 22.3 Å². The van der Waals surface area contributed by atoms with Gasteiger partial charge in [-0.1, -0.05) is 83.9 Å². The zero-order valence-corrected chi connectivity index (χ0v) is 16.6. The molecule has 3 rings (SSSR count). The third kappa shape index (κ3) is 5.12. The van der Waals surface area contributed by atoms with Crippen LogP contribution in [0.2, 0.25) is 10.0 Å². The molecule has 0 aliphatic carbocycles. The summed E-state index contributed by atoms with van der Waals surface area (Å²) in [6.45, 7) is 2.06. The van der Waals surface area contributed by atoms with Crippen molar-refractivity contribution in [3.63, 3.8) is 0 Å². The molecule has 2 nitrogen and oxygen atoms in total. The van der Waals surface area contributed by atoms with Gasteiger partial charge in [0, 0.05) is 16.5 Å². The monoisotopic (exact) mass is 397 g/mol. The zero-order chi connectivity index (χ0) is 19.2. The smallest absolute Gasteiger partial charge is 0.221 e. The Hall–Kier alpha value is -2.29. The molecule has 1 atom stereocenters. The van der Waals surface area contributed by atoms with Crippen molar-refractivity contribution in [2.45, 2.75) is 25.8 Å². The van der Waals surface area contributed by atoms with E-state index in [0.29, 0.717) is 22.9 Å². The normalized spacial score (nSPS) is 11.8. The minimum atomic E-state index is -0.180. The fraction of sp³-hybridized carbons (Fsp3) is 0.174. The minimum absolute atomic E-state index is 0.0156. The first-order valence-corrected chi connectivity index (χ1v) is 9.64. The van der Waals surface area contributed by atoms with Gasteiger partial charge < -0.3 is 5.32 Å². The number of halogens is 2. The summed E-state index contributed by atoms with van der Waals surface area (Å²) in [5.74, 6) is -0.0156. The molecule has 138 valence electrons. The molecule has 1 amide bonds. The molecule has 0 saturated carbocycles. The Labute approximate surface area is 170 Å². The van der Waals surface area contributed by atoms with Gasteiger partial charge >= 0.3 is 0 Å². The standard InChI is InChI=1S/C23H21Cl2NO/c1-16-7-5-6-10-20(16)23(18-8-3-2-4-9-18)26-22(27)14-12-17-11-13-19(24)15-21(17)25/h2-11,13,15,23H,12,14H2,1H3,(H,26,27)/t23-/m1/s1. The SMILES string of the molecule is Cc1ccccc1[C@H](NC(=O)CCc1ccc(Cl)cc1Cl)c1ccccc1. The molecule has 3 aromatic rings. The van der Waals surface area contributed by atoms with Crippen molar-refractivity contribution in [2.75, 3.05) is 0 Å². The summed E-state index contributed by atoms with van der Waals surface area (Å²) in [5.41, 5.74) is 4.22. The number of hydrogen-bond donors (Lipinski definition) is 1. The zero-order valence-electron chi connectivity index (χ0n) is 15.1. The number of rotatable bonds is 6. The van der Waals surface area contributed by atoms with Crippen LogP contribution in [-0.4, -0.2) is 5.91 Å². The summed E-state index contributed by atoms with van der Waals surface area (Å²) in [7, 11) is 0. The molecular weight excluding hydrogens is 377 g/mol. The summed E-state index contributed by atoms with van der Waals surface area (Å²) in [6, 6.07) is 23.3. The molecular formula is C23H21Cl2NO. The second-order valence-electron chi connectivity index (χ2n) is 6.50. The van der Waals surface area contributed by atoms with Crippen LogP contribution in [0.1, 0.15) is 34.7 Å². The second kappa shape index (κ2) is 9.07. The van der Waals surface area contributed by atoms with Crippen LogP contribution in [0.25, 0.3) is 0 Å². The summed E-state index contributed by atoms with van der Waals surface area (Å²) in [5, 5.41) is 4.37. The highest BCUT2D eigenvalue weighted by Crippen LogP contribution is 2.26. The van der Waals surface area contributed by atoms with Gasteiger partial charge in [-0.15, -0.1) is 0 Å². The molecule has 0 fully saturated rings. The van der Waals surface area contributed by atoms with Gasteiger partial charge in [-0.3, -0.25) is 4.79 Å². The summed E-state index contributed by atoms with van der Waals surface area (Å²) >= 11 is 12.2.